The molecule has 1 fully saturated rings. The fraction of sp³-hybridized carbons (Fsp3) is 0.462. The summed E-state index contributed by atoms with van der Waals surface area (Å²) in [5.74, 6) is -3.59. The van der Waals surface area contributed by atoms with Gasteiger partial charge in [0.15, 0.2) is 23.1 Å². The molecule has 0 spiro atoms. The molecule has 3 rings (SSSR count). The summed E-state index contributed by atoms with van der Waals surface area (Å²) in [7, 11) is 0. The second kappa shape index (κ2) is 12.0. The Morgan fingerprint density at radius 3 is 2.50 bits per heavy atom. The summed E-state index contributed by atoms with van der Waals surface area (Å²) in [5.41, 5.74) is 0.927. The van der Waals surface area contributed by atoms with Gasteiger partial charge in [-0.3, -0.25) is 0 Å². The van der Waals surface area contributed by atoms with E-state index in [2.05, 4.69) is 33.2 Å². The van der Waals surface area contributed by atoms with Crippen molar-refractivity contribution in [2.75, 3.05) is 13.2 Å². The van der Waals surface area contributed by atoms with Gasteiger partial charge in [0.25, 0.3) is 0 Å². The van der Waals surface area contributed by atoms with Gasteiger partial charge in [-0.15, -0.1) is 13.2 Å². The molecule has 6 heteroatoms. The monoisotopic (exact) mass is 450 g/mol. The molecule has 0 radical (unpaired) electrons. The third kappa shape index (κ3) is 5.85. The lowest BCUT2D eigenvalue weighted by Crippen LogP contribution is -2.29. The third-order valence-electron chi connectivity index (χ3n) is 5.62. The van der Waals surface area contributed by atoms with E-state index in [0.717, 1.165) is 25.7 Å². The Morgan fingerprint density at radius 2 is 1.91 bits per heavy atom. The molecule has 2 aliphatic rings. The van der Waals surface area contributed by atoms with Crippen molar-refractivity contribution in [2.24, 2.45) is 5.92 Å². The molecule has 2 aliphatic heterocycles. The highest BCUT2D eigenvalue weighted by molar-refractivity contribution is 5.52. The molecule has 1 aromatic carbocycles. The Morgan fingerprint density at radius 1 is 1.19 bits per heavy atom. The van der Waals surface area contributed by atoms with Crippen molar-refractivity contribution < 1.29 is 27.4 Å². The zero-order valence-electron chi connectivity index (χ0n) is 19.1. The molecule has 2 atom stereocenters. The van der Waals surface area contributed by atoms with Crippen LogP contribution < -0.4 is 9.47 Å². The number of halogens is 3. The average molecular weight is 451 g/mol. The van der Waals surface area contributed by atoms with Crippen LogP contribution in [0.5, 0.6) is 11.5 Å². The summed E-state index contributed by atoms with van der Waals surface area (Å²) in [6.07, 6.45) is 4.75. The van der Waals surface area contributed by atoms with Gasteiger partial charge in [0, 0.05) is 17.9 Å². The van der Waals surface area contributed by atoms with Crippen LogP contribution in [-0.2, 0) is 11.2 Å². The van der Waals surface area contributed by atoms with Crippen molar-refractivity contribution in [3.8, 4) is 11.5 Å². The Labute approximate surface area is 189 Å². The maximum atomic E-state index is 14.7. The number of fused-ring (bicyclic) bond motifs is 1. The van der Waals surface area contributed by atoms with E-state index in [-0.39, 0.29) is 47.9 Å². The highest BCUT2D eigenvalue weighted by Gasteiger charge is 2.30. The summed E-state index contributed by atoms with van der Waals surface area (Å²) in [6.45, 7) is 18.1. The summed E-state index contributed by atoms with van der Waals surface area (Å²) >= 11 is 0. The van der Waals surface area contributed by atoms with E-state index in [1.807, 2.05) is 0 Å². The molecule has 0 aromatic heterocycles. The van der Waals surface area contributed by atoms with Crippen LogP contribution in [0.2, 0.25) is 0 Å². The molecule has 32 heavy (non-hydrogen) atoms. The first-order valence-corrected chi connectivity index (χ1v) is 11.0. The van der Waals surface area contributed by atoms with Crippen LogP contribution in [0, 0.1) is 17.6 Å². The minimum absolute atomic E-state index is 0.131. The van der Waals surface area contributed by atoms with Gasteiger partial charge in [0.2, 0.25) is 11.6 Å². The van der Waals surface area contributed by atoms with Crippen molar-refractivity contribution >= 4 is 0 Å². The largest absolute Gasteiger partial charge is 0.490 e. The molecular weight excluding hydrogens is 417 g/mol. The van der Waals surface area contributed by atoms with E-state index in [0.29, 0.717) is 24.2 Å². The highest BCUT2D eigenvalue weighted by atomic mass is 19.2. The number of hydrogen-bond donors (Lipinski definition) is 0. The Hall–Kier alpha value is -2.47. The molecule has 2 unspecified atom stereocenters. The molecule has 2 heterocycles. The first-order valence-electron chi connectivity index (χ1n) is 11.0. The SMILES string of the molecule is C=C.C=C(CC)/C(F)=C1/Oc2c(cc(OCC3CCC(CCC)OC3)c(F)c2F)CC1=C. The second-order valence-corrected chi connectivity index (χ2v) is 7.97. The van der Waals surface area contributed by atoms with Gasteiger partial charge in [0.1, 0.15) is 0 Å². The van der Waals surface area contributed by atoms with E-state index >= 15 is 0 Å². The Balaban J connectivity index is 0.00000176. The molecule has 1 saturated heterocycles. The normalized spacial score (nSPS) is 21.6. The summed E-state index contributed by atoms with van der Waals surface area (Å²) < 4.78 is 60.6. The van der Waals surface area contributed by atoms with Gasteiger partial charge >= 0.3 is 0 Å². The van der Waals surface area contributed by atoms with Crippen LogP contribution in [0.15, 0.2) is 55.1 Å². The van der Waals surface area contributed by atoms with Gasteiger partial charge in [-0.2, -0.15) is 8.78 Å². The Bertz CT molecular complexity index is 868. The predicted octanol–water partition coefficient (Wildman–Crippen LogP) is 7.38. The second-order valence-electron chi connectivity index (χ2n) is 7.97. The number of benzene rings is 1. The molecule has 0 amide bonds. The predicted molar refractivity (Wildman–Crippen MR) is 122 cm³/mol. The summed E-state index contributed by atoms with van der Waals surface area (Å²) in [6, 6.07) is 1.41. The molecule has 0 aliphatic carbocycles. The lowest BCUT2D eigenvalue weighted by Gasteiger charge is -2.29. The lowest BCUT2D eigenvalue weighted by molar-refractivity contribution is -0.0310. The van der Waals surface area contributed by atoms with Crippen molar-refractivity contribution in [3.05, 3.63) is 72.3 Å². The molecule has 0 bridgehead atoms. The summed E-state index contributed by atoms with van der Waals surface area (Å²) in [5, 5.41) is 0. The number of hydrogen-bond acceptors (Lipinski definition) is 3. The van der Waals surface area contributed by atoms with Crippen LogP contribution in [0.1, 0.15) is 51.5 Å². The number of ether oxygens (including phenoxy) is 3. The lowest BCUT2D eigenvalue weighted by atomic mass is 9.97. The maximum absolute atomic E-state index is 14.7. The van der Waals surface area contributed by atoms with Gasteiger partial charge in [-0.05, 0) is 42.9 Å². The van der Waals surface area contributed by atoms with Gasteiger partial charge in [-0.25, -0.2) is 4.39 Å². The highest BCUT2D eigenvalue weighted by Crippen LogP contribution is 2.41. The van der Waals surface area contributed by atoms with E-state index in [4.69, 9.17) is 14.2 Å². The fourth-order valence-corrected chi connectivity index (χ4v) is 3.73. The molecule has 0 saturated carbocycles. The first kappa shape index (κ1) is 25.8. The quantitative estimate of drug-likeness (QED) is 0.406. The van der Waals surface area contributed by atoms with Gasteiger partial charge < -0.3 is 14.2 Å². The van der Waals surface area contributed by atoms with Crippen molar-refractivity contribution in [1.29, 1.82) is 0 Å². The average Bonchev–Trinajstić information content (AvgIpc) is 2.81. The van der Waals surface area contributed by atoms with Gasteiger partial charge in [-0.1, -0.05) is 33.4 Å². The Kier molecular flexibility index (Phi) is 9.63. The molecule has 176 valence electrons. The molecular formula is C26H33F3O3. The van der Waals surface area contributed by atoms with Crippen molar-refractivity contribution in [3.63, 3.8) is 0 Å². The number of rotatable bonds is 7. The molecule has 3 nitrogen and oxygen atoms in total. The van der Waals surface area contributed by atoms with E-state index in [1.54, 1.807) is 6.92 Å². The topological polar surface area (TPSA) is 27.7 Å². The van der Waals surface area contributed by atoms with Crippen LogP contribution in [-0.4, -0.2) is 19.3 Å². The fourth-order valence-electron chi connectivity index (χ4n) is 3.73. The summed E-state index contributed by atoms with van der Waals surface area (Å²) in [4.78, 5) is 0. The zero-order chi connectivity index (χ0) is 23.8. The van der Waals surface area contributed by atoms with E-state index < -0.39 is 17.5 Å². The third-order valence-corrected chi connectivity index (χ3v) is 5.62. The van der Waals surface area contributed by atoms with Gasteiger partial charge in [0.05, 0.1) is 19.3 Å². The number of allylic oxidation sites excluding steroid dienone is 3. The minimum Gasteiger partial charge on any atom is -0.490 e. The van der Waals surface area contributed by atoms with Crippen LogP contribution in [0.3, 0.4) is 0 Å². The van der Waals surface area contributed by atoms with Crippen LogP contribution in [0.4, 0.5) is 13.2 Å². The first-order chi connectivity index (χ1) is 15.3. The minimum atomic E-state index is -1.19. The maximum Gasteiger partial charge on any atom is 0.205 e. The van der Waals surface area contributed by atoms with Crippen LogP contribution in [0.25, 0.3) is 0 Å². The van der Waals surface area contributed by atoms with Crippen molar-refractivity contribution in [2.45, 2.75) is 58.5 Å². The van der Waals surface area contributed by atoms with Crippen LogP contribution >= 0.6 is 0 Å². The van der Waals surface area contributed by atoms with E-state index in [1.165, 1.54) is 6.07 Å². The standard InChI is InChI=1S/C24H29F3O3.C2H4/c1-5-7-18-9-8-16(12-28-18)13-29-19-11-17-10-15(4)23(20(25)14(3)6-2)30-24(17)22(27)21(19)26;1-2/h11,16,18H,3-10,12-13H2,1-2H3;1-2H2/b23-20-;. The zero-order valence-corrected chi connectivity index (χ0v) is 19.1. The smallest absolute Gasteiger partial charge is 0.205 e. The molecule has 0 N–H and O–H groups in total. The van der Waals surface area contributed by atoms with Crippen molar-refractivity contribution in [1.82, 2.24) is 0 Å². The molecule has 1 aromatic rings. The van der Waals surface area contributed by atoms with E-state index in [9.17, 15) is 13.2 Å².